The molecule has 7 nitrogen and oxygen atoms in total. The van der Waals surface area contributed by atoms with E-state index < -0.39 is 5.82 Å². The minimum atomic E-state index is -0.430. The van der Waals surface area contributed by atoms with Crippen molar-refractivity contribution in [3.8, 4) is 17.1 Å². The Morgan fingerprint density at radius 1 is 1.31 bits per heavy atom. The molecule has 2 atom stereocenters. The van der Waals surface area contributed by atoms with Gasteiger partial charge in [0.25, 0.3) is 0 Å². The third kappa shape index (κ3) is 3.67. The zero-order chi connectivity index (χ0) is 20.5. The number of morpholine rings is 1. The molecular weight excluding hydrogens is 373 g/mol. The van der Waals surface area contributed by atoms with Crippen molar-refractivity contribution in [2.45, 2.75) is 39.0 Å². The van der Waals surface area contributed by atoms with E-state index in [9.17, 15) is 4.39 Å². The molecule has 1 aliphatic rings. The zero-order valence-electron chi connectivity index (χ0n) is 16.7. The number of benzene rings is 1. The van der Waals surface area contributed by atoms with Crippen molar-refractivity contribution in [3.05, 3.63) is 43.0 Å². The van der Waals surface area contributed by atoms with Gasteiger partial charge in [0, 0.05) is 17.5 Å². The molecule has 2 aromatic heterocycles. The summed E-state index contributed by atoms with van der Waals surface area (Å²) in [6.07, 6.45) is 3.24. The molecule has 3 aromatic rings. The van der Waals surface area contributed by atoms with Crippen molar-refractivity contribution >= 4 is 16.7 Å². The number of halogens is 1. The lowest BCUT2D eigenvalue weighted by molar-refractivity contribution is 0.0819. The summed E-state index contributed by atoms with van der Waals surface area (Å²) < 4.78 is 25.5. The molecule has 29 heavy (non-hydrogen) atoms. The second-order valence-electron chi connectivity index (χ2n) is 7.43. The highest BCUT2D eigenvalue weighted by Crippen LogP contribution is 2.32. The van der Waals surface area contributed by atoms with Gasteiger partial charge >= 0.3 is 0 Å². The average molecular weight is 397 g/mol. The number of fused-ring (bicyclic) bond motifs is 1. The molecule has 1 saturated heterocycles. The molecule has 1 fully saturated rings. The summed E-state index contributed by atoms with van der Waals surface area (Å²) in [6.45, 7) is 10.9. The molecule has 0 amide bonds. The Bertz CT molecular complexity index is 1040. The summed E-state index contributed by atoms with van der Waals surface area (Å²) >= 11 is 0. The van der Waals surface area contributed by atoms with Crippen molar-refractivity contribution in [1.82, 2.24) is 20.2 Å². The van der Waals surface area contributed by atoms with Gasteiger partial charge in [0.05, 0.1) is 42.6 Å². The number of anilines is 1. The molecule has 152 valence electrons. The molecule has 3 heterocycles. The number of nitrogens with one attached hydrogen (secondary N) is 1. The summed E-state index contributed by atoms with van der Waals surface area (Å²) in [5.41, 5.74) is 1.84. The molecule has 0 saturated carbocycles. The zero-order valence-corrected chi connectivity index (χ0v) is 16.7. The van der Waals surface area contributed by atoms with Gasteiger partial charge in [0.1, 0.15) is 17.8 Å². The molecule has 1 N–H and O–H groups in total. The van der Waals surface area contributed by atoms with Crippen molar-refractivity contribution in [2.24, 2.45) is 0 Å². The monoisotopic (exact) mass is 397 g/mol. The number of nitrogens with zero attached hydrogens (tertiary/aromatic N) is 4. The van der Waals surface area contributed by atoms with Gasteiger partial charge in [-0.2, -0.15) is 5.10 Å². The van der Waals surface area contributed by atoms with Crippen LogP contribution in [0.15, 0.2) is 37.2 Å². The Kier molecular flexibility index (Phi) is 5.19. The number of ether oxygens (including phenoxy) is 2. The number of aromatic amines is 1. The number of hydrogen-bond acceptors (Lipinski definition) is 6. The predicted molar refractivity (Wildman–Crippen MR) is 110 cm³/mol. The van der Waals surface area contributed by atoms with Gasteiger partial charge in [0.15, 0.2) is 11.6 Å². The quantitative estimate of drug-likeness (QED) is 0.661. The van der Waals surface area contributed by atoms with E-state index in [1.165, 1.54) is 12.4 Å². The van der Waals surface area contributed by atoms with Crippen LogP contribution in [-0.4, -0.2) is 51.6 Å². The molecular formula is C21H24FN5O2. The lowest BCUT2D eigenvalue weighted by atomic mass is 10.1. The molecule has 8 heteroatoms. The second-order valence-corrected chi connectivity index (χ2v) is 7.43. The highest BCUT2D eigenvalue weighted by atomic mass is 19.1. The maximum absolute atomic E-state index is 14.3. The summed E-state index contributed by atoms with van der Waals surface area (Å²) in [7, 11) is 0. The first-order valence-electron chi connectivity index (χ1n) is 9.63. The van der Waals surface area contributed by atoms with Gasteiger partial charge < -0.3 is 14.4 Å². The van der Waals surface area contributed by atoms with Crippen molar-refractivity contribution < 1.29 is 13.9 Å². The van der Waals surface area contributed by atoms with Crippen LogP contribution in [-0.2, 0) is 4.74 Å². The van der Waals surface area contributed by atoms with E-state index in [1.807, 2.05) is 26.0 Å². The van der Waals surface area contributed by atoms with Crippen LogP contribution in [0.5, 0.6) is 5.75 Å². The first-order valence-corrected chi connectivity index (χ1v) is 9.63. The summed E-state index contributed by atoms with van der Waals surface area (Å²) in [6, 6.07) is 5.11. The van der Waals surface area contributed by atoms with Crippen molar-refractivity contribution in [3.63, 3.8) is 0 Å². The lowest BCUT2D eigenvalue weighted by Gasteiger charge is -2.39. The van der Waals surface area contributed by atoms with E-state index in [-0.39, 0.29) is 23.9 Å². The third-order valence-corrected chi connectivity index (χ3v) is 4.89. The van der Waals surface area contributed by atoms with Crippen LogP contribution in [0, 0.1) is 5.82 Å². The molecule has 2 unspecified atom stereocenters. The van der Waals surface area contributed by atoms with E-state index in [4.69, 9.17) is 9.47 Å². The van der Waals surface area contributed by atoms with E-state index in [1.54, 1.807) is 6.07 Å². The fraction of sp³-hybridized carbons (Fsp3) is 0.381. The Hall–Kier alpha value is -3.00. The van der Waals surface area contributed by atoms with Crippen molar-refractivity contribution in [1.29, 1.82) is 0 Å². The van der Waals surface area contributed by atoms with Crippen LogP contribution in [0.1, 0.15) is 20.8 Å². The standard InChI is InChI=1S/C21H24FN5O2/c1-5-14-10-28-9-13(4)27(14)20-8-18(23-11-24-20)21-15-6-19(29-12(2)3)16(22)7-17(15)25-26-21/h5-8,11-14H,1,9-10H2,2-4H3,(H,25,26). The maximum atomic E-state index is 14.3. The first kappa shape index (κ1) is 19.3. The number of hydrogen-bond donors (Lipinski definition) is 1. The number of H-pyrrole nitrogens is 1. The van der Waals surface area contributed by atoms with Crippen LogP contribution in [0.2, 0.25) is 0 Å². The fourth-order valence-corrected chi connectivity index (χ4v) is 3.60. The topological polar surface area (TPSA) is 76.2 Å². The van der Waals surface area contributed by atoms with E-state index in [0.717, 1.165) is 11.2 Å². The molecule has 0 bridgehead atoms. The smallest absolute Gasteiger partial charge is 0.167 e. The van der Waals surface area contributed by atoms with Gasteiger partial charge in [-0.15, -0.1) is 6.58 Å². The summed E-state index contributed by atoms with van der Waals surface area (Å²) in [5, 5.41) is 7.99. The molecule has 0 spiro atoms. The SMILES string of the molecule is C=CC1COCC(C)N1c1cc(-c2n[nH]c3cc(F)c(OC(C)C)cc23)ncn1. The normalized spacial score (nSPS) is 19.7. The highest BCUT2D eigenvalue weighted by molar-refractivity contribution is 5.93. The minimum absolute atomic E-state index is 0.0255. The van der Waals surface area contributed by atoms with E-state index >= 15 is 0 Å². The third-order valence-electron chi connectivity index (χ3n) is 4.89. The van der Waals surface area contributed by atoms with Crippen LogP contribution in [0.3, 0.4) is 0 Å². The average Bonchev–Trinajstić information content (AvgIpc) is 3.10. The van der Waals surface area contributed by atoms with Crippen molar-refractivity contribution in [2.75, 3.05) is 18.1 Å². The Balaban J connectivity index is 1.76. The summed E-state index contributed by atoms with van der Waals surface area (Å²) in [5.74, 6) is 0.534. The van der Waals surface area contributed by atoms with Crippen LogP contribution < -0.4 is 9.64 Å². The minimum Gasteiger partial charge on any atom is -0.488 e. The largest absolute Gasteiger partial charge is 0.488 e. The van der Waals surface area contributed by atoms with Gasteiger partial charge in [-0.1, -0.05) is 6.08 Å². The first-order chi connectivity index (χ1) is 14.0. The molecule has 0 aliphatic carbocycles. The number of aromatic nitrogens is 4. The molecule has 1 aliphatic heterocycles. The molecule has 1 aromatic carbocycles. The molecule has 4 rings (SSSR count). The number of rotatable bonds is 5. The predicted octanol–water partition coefficient (Wildman–Crippen LogP) is 3.73. The van der Waals surface area contributed by atoms with Gasteiger partial charge in [-0.3, -0.25) is 5.10 Å². The Labute approximate surface area is 168 Å². The Morgan fingerprint density at radius 3 is 2.90 bits per heavy atom. The maximum Gasteiger partial charge on any atom is 0.167 e. The van der Waals surface area contributed by atoms with Gasteiger partial charge in [0.2, 0.25) is 0 Å². The highest BCUT2D eigenvalue weighted by Gasteiger charge is 2.28. The van der Waals surface area contributed by atoms with Crippen LogP contribution in [0.4, 0.5) is 10.2 Å². The van der Waals surface area contributed by atoms with E-state index in [2.05, 4.69) is 38.6 Å². The summed E-state index contributed by atoms with van der Waals surface area (Å²) in [4.78, 5) is 11.0. The van der Waals surface area contributed by atoms with E-state index in [0.29, 0.717) is 30.1 Å². The fourth-order valence-electron chi connectivity index (χ4n) is 3.60. The molecule has 0 radical (unpaired) electrons. The van der Waals surface area contributed by atoms with Crippen LogP contribution in [0.25, 0.3) is 22.3 Å². The lowest BCUT2D eigenvalue weighted by Crippen LogP contribution is -2.50. The second kappa shape index (κ2) is 7.79. The van der Waals surface area contributed by atoms with Gasteiger partial charge in [-0.25, -0.2) is 14.4 Å². The van der Waals surface area contributed by atoms with Gasteiger partial charge in [-0.05, 0) is 26.8 Å². The van der Waals surface area contributed by atoms with Crippen LogP contribution >= 0.6 is 0 Å². The Morgan fingerprint density at radius 2 is 2.14 bits per heavy atom.